The van der Waals surface area contributed by atoms with E-state index in [2.05, 4.69) is 22.1 Å². The normalized spacial score (nSPS) is 15.6. The number of hydrogen-bond acceptors (Lipinski definition) is 4. The second-order valence-electron chi connectivity index (χ2n) is 8.43. The van der Waals surface area contributed by atoms with Crippen molar-refractivity contribution in [3.63, 3.8) is 0 Å². The molecule has 2 aromatic carbocycles. The topological polar surface area (TPSA) is 65.5 Å². The van der Waals surface area contributed by atoms with E-state index in [0.717, 1.165) is 12.1 Å². The number of alkyl halides is 1. The van der Waals surface area contributed by atoms with Gasteiger partial charge in [-0.05, 0) is 62.0 Å². The van der Waals surface area contributed by atoms with Gasteiger partial charge in [-0.1, -0.05) is 24.0 Å². The van der Waals surface area contributed by atoms with E-state index in [0.29, 0.717) is 16.8 Å². The molecule has 2 heterocycles. The number of nitrogens with one attached hydrogen (secondary N) is 1. The average Bonchev–Trinajstić information content (AvgIpc) is 2.77. The molecule has 0 bridgehead atoms. The molecule has 34 heavy (non-hydrogen) atoms. The zero-order valence-corrected chi connectivity index (χ0v) is 18.6. The van der Waals surface area contributed by atoms with Crippen LogP contribution in [0.25, 0.3) is 0 Å². The van der Waals surface area contributed by atoms with Crippen molar-refractivity contribution in [2.24, 2.45) is 0 Å². The van der Waals surface area contributed by atoms with Crippen LogP contribution < -0.4 is 5.32 Å². The number of phenols is 1. The summed E-state index contributed by atoms with van der Waals surface area (Å²) >= 11 is 0. The van der Waals surface area contributed by atoms with Gasteiger partial charge in [0.25, 0.3) is 5.91 Å². The number of amides is 1. The third kappa shape index (κ3) is 5.21. The number of nitrogens with zero attached hydrogens (tertiary/aromatic N) is 2. The molecule has 0 aliphatic carbocycles. The van der Waals surface area contributed by atoms with Crippen molar-refractivity contribution in [2.75, 3.05) is 20.1 Å². The molecule has 1 saturated heterocycles. The van der Waals surface area contributed by atoms with Gasteiger partial charge in [0.05, 0.1) is 6.04 Å². The predicted molar refractivity (Wildman–Crippen MR) is 121 cm³/mol. The number of aromatic nitrogens is 1. The number of aromatic hydroxyl groups is 1. The minimum Gasteiger partial charge on any atom is -0.508 e. The van der Waals surface area contributed by atoms with Gasteiger partial charge in [-0.15, -0.1) is 0 Å². The Balaban J connectivity index is 1.65. The first kappa shape index (κ1) is 23.3. The minimum atomic E-state index is -1.59. The summed E-state index contributed by atoms with van der Waals surface area (Å²) in [6.45, 7) is 2.11. The van der Waals surface area contributed by atoms with Crippen LogP contribution in [0.1, 0.15) is 38.9 Å². The van der Waals surface area contributed by atoms with Gasteiger partial charge in [-0.25, -0.2) is 18.2 Å². The van der Waals surface area contributed by atoms with Crippen molar-refractivity contribution < 1.29 is 23.1 Å². The Morgan fingerprint density at radius 2 is 1.79 bits per heavy atom. The zero-order chi connectivity index (χ0) is 24.5. The van der Waals surface area contributed by atoms with Crippen LogP contribution in [-0.4, -0.2) is 46.7 Å². The molecule has 0 radical (unpaired) electrons. The van der Waals surface area contributed by atoms with Crippen molar-refractivity contribution in [2.45, 2.75) is 18.6 Å². The number of carbonyl (C=O) groups is 1. The molecule has 1 atom stereocenters. The number of pyridine rings is 1. The quantitative estimate of drug-likeness (QED) is 0.574. The Morgan fingerprint density at radius 3 is 2.47 bits per heavy atom. The molecule has 2 N–H and O–H groups in total. The maximum absolute atomic E-state index is 14.5. The lowest BCUT2D eigenvalue weighted by atomic mass is 9.97. The van der Waals surface area contributed by atoms with Gasteiger partial charge in [0, 0.05) is 29.9 Å². The Labute approximate surface area is 195 Å². The van der Waals surface area contributed by atoms with Crippen molar-refractivity contribution in [3.05, 3.63) is 94.3 Å². The Morgan fingerprint density at radius 1 is 1.12 bits per heavy atom. The van der Waals surface area contributed by atoms with Crippen LogP contribution >= 0.6 is 0 Å². The minimum absolute atomic E-state index is 0.0194. The molecule has 174 valence electrons. The lowest BCUT2D eigenvalue weighted by molar-refractivity contribution is 0.0338. The van der Waals surface area contributed by atoms with Crippen molar-refractivity contribution in [1.82, 2.24) is 15.2 Å². The van der Waals surface area contributed by atoms with Crippen LogP contribution in [0.2, 0.25) is 0 Å². The summed E-state index contributed by atoms with van der Waals surface area (Å²) < 4.78 is 41.9. The molecule has 1 aliphatic rings. The summed E-state index contributed by atoms with van der Waals surface area (Å²) in [5.74, 6) is 3.45. The zero-order valence-electron chi connectivity index (χ0n) is 18.6. The molecule has 1 unspecified atom stereocenters. The fraction of sp³-hybridized carbons (Fsp3) is 0.231. The van der Waals surface area contributed by atoms with E-state index < -0.39 is 29.3 Å². The number of carbonyl (C=O) groups excluding carboxylic acids is 1. The predicted octanol–water partition coefficient (Wildman–Crippen LogP) is 3.90. The molecular weight excluding hydrogens is 443 g/mol. The molecule has 1 aliphatic heterocycles. The van der Waals surface area contributed by atoms with E-state index in [9.17, 15) is 23.1 Å². The fourth-order valence-corrected chi connectivity index (χ4v) is 3.89. The SMILES string of the molecule is Cc1cc(C#CC2(F)CN(C)C2)cc(C(=O)NC(c2ccc(F)cc2)c2cc(F)ccc2O)n1. The third-order valence-corrected chi connectivity index (χ3v) is 5.44. The molecule has 3 aromatic rings. The van der Waals surface area contributed by atoms with Crippen LogP contribution in [0.5, 0.6) is 5.75 Å². The fourth-order valence-electron chi connectivity index (χ4n) is 3.89. The van der Waals surface area contributed by atoms with Crippen molar-refractivity contribution >= 4 is 5.91 Å². The van der Waals surface area contributed by atoms with E-state index >= 15 is 0 Å². The highest BCUT2D eigenvalue weighted by atomic mass is 19.1. The second kappa shape index (κ2) is 9.20. The molecule has 8 heteroatoms. The molecule has 0 spiro atoms. The monoisotopic (exact) mass is 465 g/mol. The second-order valence-corrected chi connectivity index (χ2v) is 8.43. The lowest BCUT2D eigenvalue weighted by Crippen LogP contribution is -2.56. The van der Waals surface area contributed by atoms with E-state index in [1.165, 1.54) is 36.4 Å². The number of rotatable bonds is 4. The van der Waals surface area contributed by atoms with Crippen LogP contribution in [-0.2, 0) is 0 Å². The van der Waals surface area contributed by atoms with E-state index in [-0.39, 0.29) is 30.1 Å². The highest BCUT2D eigenvalue weighted by molar-refractivity contribution is 5.93. The summed E-state index contributed by atoms with van der Waals surface area (Å²) in [7, 11) is 1.80. The number of benzene rings is 2. The van der Waals surface area contributed by atoms with Gasteiger partial charge in [-0.3, -0.25) is 9.69 Å². The summed E-state index contributed by atoms with van der Waals surface area (Å²) in [5.41, 5.74) is -0.112. The van der Waals surface area contributed by atoms with Gasteiger partial charge >= 0.3 is 0 Å². The van der Waals surface area contributed by atoms with Gasteiger partial charge in [0.1, 0.15) is 23.1 Å². The van der Waals surface area contributed by atoms with Crippen LogP contribution in [0.3, 0.4) is 0 Å². The number of phenolic OH excluding ortho intramolecular Hbond substituents is 1. The maximum atomic E-state index is 14.5. The summed E-state index contributed by atoms with van der Waals surface area (Å²) in [4.78, 5) is 19.2. The molecule has 0 saturated carbocycles. The first-order valence-electron chi connectivity index (χ1n) is 10.6. The van der Waals surface area contributed by atoms with E-state index in [1.807, 2.05) is 4.90 Å². The third-order valence-electron chi connectivity index (χ3n) is 5.44. The average molecular weight is 465 g/mol. The Kier molecular flexibility index (Phi) is 6.31. The molecule has 1 fully saturated rings. The number of likely N-dealkylation sites (tertiary alicyclic amines) is 1. The number of halogens is 3. The molecule has 4 rings (SSSR count). The van der Waals surface area contributed by atoms with Gasteiger partial charge in [0.2, 0.25) is 0 Å². The summed E-state index contributed by atoms with van der Waals surface area (Å²) in [5, 5.41) is 13.1. The smallest absolute Gasteiger partial charge is 0.270 e. The van der Waals surface area contributed by atoms with Gasteiger partial charge in [0.15, 0.2) is 5.67 Å². The van der Waals surface area contributed by atoms with Crippen LogP contribution in [0.4, 0.5) is 13.2 Å². The summed E-state index contributed by atoms with van der Waals surface area (Å²) in [6.07, 6.45) is 0. The highest BCUT2D eigenvalue weighted by Gasteiger charge is 2.39. The van der Waals surface area contributed by atoms with E-state index in [1.54, 1.807) is 20.0 Å². The molecule has 1 aromatic heterocycles. The molecule has 1 amide bonds. The van der Waals surface area contributed by atoms with E-state index in [4.69, 9.17) is 0 Å². The highest BCUT2D eigenvalue weighted by Crippen LogP contribution is 2.30. The standard InChI is InChI=1S/C26H22F3N3O2/c1-16-11-17(9-10-26(29)14-32(2)15-26)12-22(30-16)25(34)31-24(18-3-5-19(27)6-4-18)21-13-20(28)7-8-23(21)33/h3-8,11-13,24,33H,14-15H2,1-2H3,(H,31,34). The largest absolute Gasteiger partial charge is 0.508 e. The number of aryl methyl sites for hydroxylation is 1. The first-order valence-corrected chi connectivity index (χ1v) is 10.6. The van der Waals surface area contributed by atoms with Gasteiger partial charge < -0.3 is 10.4 Å². The van der Waals surface area contributed by atoms with Crippen LogP contribution in [0, 0.1) is 30.4 Å². The first-order chi connectivity index (χ1) is 16.1. The molecule has 5 nitrogen and oxygen atoms in total. The Bertz CT molecular complexity index is 1290. The molecular formula is C26H22F3N3O2. The lowest BCUT2D eigenvalue weighted by Gasteiger charge is -2.38. The number of hydrogen-bond donors (Lipinski definition) is 2. The van der Waals surface area contributed by atoms with Gasteiger partial charge in [-0.2, -0.15) is 0 Å². The summed E-state index contributed by atoms with van der Waals surface area (Å²) in [6, 6.07) is 10.7. The van der Waals surface area contributed by atoms with Crippen LogP contribution in [0.15, 0.2) is 54.6 Å². The van der Waals surface area contributed by atoms with Crippen molar-refractivity contribution in [1.29, 1.82) is 0 Å². The maximum Gasteiger partial charge on any atom is 0.270 e. The van der Waals surface area contributed by atoms with Crippen molar-refractivity contribution in [3.8, 4) is 17.6 Å². The Hall–Kier alpha value is -3.83.